The van der Waals surface area contributed by atoms with Gasteiger partial charge in [0.15, 0.2) is 0 Å². The van der Waals surface area contributed by atoms with Gasteiger partial charge in [0.1, 0.15) is 0 Å². The Kier molecular flexibility index (Phi) is 22.5. The summed E-state index contributed by atoms with van der Waals surface area (Å²) in [5.74, 6) is 0. The third-order valence-electron chi connectivity index (χ3n) is 1.96. The molecule has 0 aliphatic heterocycles. The van der Waals surface area contributed by atoms with Gasteiger partial charge in [0.2, 0.25) is 0 Å². The Morgan fingerprint density at radius 3 is 1.39 bits per heavy atom. The van der Waals surface area contributed by atoms with Crippen LogP contribution >= 0.6 is 0 Å². The Bertz CT molecular complexity index is 269. The summed E-state index contributed by atoms with van der Waals surface area (Å²) in [5.41, 5.74) is 4.09. The molecule has 0 N–H and O–H groups in total. The van der Waals surface area contributed by atoms with E-state index in [4.69, 9.17) is 0 Å². The van der Waals surface area contributed by atoms with E-state index in [1.54, 1.807) is 14.2 Å². The maximum absolute atomic E-state index is 4.25. The molecule has 0 aromatic heterocycles. The number of benzene rings is 1. The Morgan fingerprint density at radius 1 is 0.778 bits per heavy atom. The number of hydrogen-bond acceptors (Lipinski definition) is 1. The molecule has 1 aromatic rings. The van der Waals surface area contributed by atoms with Crippen molar-refractivity contribution in [3.63, 3.8) is 0 Å². The van der Waals surface area contributed by atoms with Crippen molar-refractivity contribution in [1.29, 1.82) is 0 Å². The second-order valence-corrected chi connectivity index (χ2v) is 3.40. The van der Waals surface area contributed by atoms with E-state index in [-0.39, 0.29) is 0 Å². The van der Waals surface area contributed by atoms with Crippen molar-refractivity contribution in [2.45, 2.75) is 48.5 Å². The molecular weight excluding hydrogens is 220 g/mol. The van der Waals surface area contributed by atoms with Crippen LogP contribution in [0.3, 0.4) is 0 Å². The summed E-state index contributed by atoms with van der Waals surface area (Å²) in [6, 6.07) is 10.5. The number of methoxy groups -OCH3 is 1. The molecule has 1 heteroatoms. The zero-order valence-electron chi connectivity index (χ0n) is 13.8. The highest BCUT2D eigenvalue weighted by Crippen LogP contribution is 2.16. The van der Waals surface area contributed by atoms with Gasteiger partial charge in [0.05, 0.1) is 0 Å². The van der Waals surface area contributed by atoms with E-state index in [1.807, 2.05) is 33.8 Å². The van der Waals surface area contributed by atoms with E-state index in [2.05, 4.69) is 49.8 Å². The molecule has 0 spiro atoms. The average Bonchev–Trinajstić information content (AvgIpc) is 2.44. The van der Waals surface area contributed by atoms with Crippen molar-refractivity contribution in [1.82, 2.24) is 0 Å². The standard InChI is InChI=1S/C11H14.C2H6O.2C2H6/c1-9(2)10(3)11-7-5-4-6-8-11;1-3-2;2*1-2/h4-8H,1-3H3;1-2H3;2*1-2H3. The van der Waals surface area contributed by atoms with Crippen molar-refractivity contribution >= 4 is 5.57 Å². The summed E-state index contributed by atoms with van der Waals surface area (Å²) in [6.07, 6.45) is 0. The maximum atomic E-state index is 4.25. The normalized spacial score (nSPS) is 7.39. The highest BCUT2D eigenvalue weighted by Gasteiger charge is 1.93. The van der Waals surface area contributed by atoms with Gasteiger partial charge >= 0.3 is 0 Å². The zero-order chi connectivity index (χ0) is 15.0. The van der Waals surface area contributed by atoms with E-state index in [0.29, 0.717) is 0 Å². The molecule has 0 aliphatic carbocycles. The fourth-order valence-corrected chi connectivity index (χ4v) is 0.977. The predicted octanol–water partition coefficient (Wildman–Crippen LogP) is 5.81. The van der Waals surface area contributed by atoms with E-state index in [9.17, 15) is 0 Å². The van der Waals surface area contributed by atoms with Crippen LogP contribution in [0.4, 0.5) is 0 Å². The van der Waals surface area contributed by atoms with Crippen LogP contribution in [0.1, 0.15) is 54.0 Å². The third-order valence-corrected chi connectivity index (χ3v) is 1.96. The van der Waals surface area contributed by atoms with Crippen LogP contribution in [0, 0.1) is 0 Å². The lowest BCUT2D eigenvalue weighted by Crippen LogP contribution is -1.79. The minimum Gasteiger partial charge on any atom is -0.388 e. The summed E-state index contributed by atoms with van der Waals surface area (Å²) in [4.78, 5) is 0. The molecule has 0 amide bonds. The SMILES string of the molecule is CC.CC.CC(C)=C(C)c1ccccc1.COC. The lowest BCUT2D eigenvalue weighted by Gasteiger charge is -2.02. The third kappa shape index (κ3) is 13.0. The van der Waals surface area contributed by atoms with Gasteiger partial charge in [-0.25, -0.2) is 0 Å². The monoisotopic (exact) mass is 252 g/mol. The number of allylic oxidation sites excluding steroid dienone is 2. The van der Waals surface area contributed by atoms with Gasteiger partial charge in [0, 0.05) is 14.2 Å². The van der Waals surface area contributed by atoms with Crippen LogP contribution in [-0.4, -0.2) is 14.2 Å². The Morgan fingerprint density at radius 2 is 1.11 bits per heavy atom. The van der Waals surface area contributed by atoms with Crippen molar-refractivity contribution in [3.05, 3.63) is 41.5 Å². The van der Waals surface area contributed by atoms with E-state index < -0.39 is 0 Å². The van der Waals surface area contributed by atoms with Gasteiger partial charge in [-0.05, 0) is 31.9 Å². The molecule has 0 fully saturated rings. The molecule has 0 unspecified atom stereocenters. The first-order chi connectivity index (χ1) is 8.63. The summed E-state index contributed by atoms with van der Waals surface area (Å²) >= 11 is 0. The molecule has 0 radical (unpaired) electrons. The minimum absolute atomic E-state index is 1.33. The molecule has 0 heterocycles. The Balaban J connectivity index is -0.000000274. The van der Waals surface area contributed by atoms with Crippen LogP contribution in [-0.2, 0) is 4.74 Å². The quantitative estimate of drug-likeness (QED) is 0.612. The highest BCUT2D eigenvalue weighted by atomic mass is 16.4. The Hall–Kier alpha value is -1.08. The van der Waals surface area contributed by atoms with Gasteiger partial charge in [-0.2, -0.15) is 0 Å². The molecule has 0 bridgehead atoms. The van der Waals surface area contributed by atoms with Crippen LogP contribution in [0.25, 0.3) is 5.57 Å². The minimum atomic E-state index is 1.33. The molecule has 1 nitrogen and oxygen atoms in total. The molecule has 1 aromatic carbocycles. The van der Waals surface area contributed by atoms with E-state index >= 15 is 0 Å². The lowest BCUT2D eigenvalue weighted by atomic mass is 10.0. The van der Waals surface area contributed by atoms with E-state index in [1.165, 1.54) is 16.7 Å². The molecule has 18 heavy (non-hydrogen) atoms. The predicted molar refractivity (Wildman–Crippen MR) is 86.0 cm³/mol. The molecule has 0 saturated carbocycles. The lowest BCUT2D eigenvalue weighted by molar-refractivity contribution is 0.277. The van der Waals surface area contributed by atoms with Crippen molar-refractivity contribution < 1.29 is 4.74 Å². The number of hydrogen-bond donors (Lipinski definition) is 0. The summed E-state index contributed by atoms with van der Waals surface area (Å²) in [5, 5.41) is 0. The highest BCUT2D eigenvalue weighted by molar-refractivity contribution is 5.65. The summed E-state index contributed by atoms with van der Waals surface area (Å²) in [7, 11) is 3.25. The molecular formula is C17H32O. The topological polar surface area (TPSA) is 9.23 Å². The number of rotatable bonds is 1. The van der Waals surface area contributed by atoms with Crippen LogP contribution in [0.2, 0.25) is 0 Å². The summed E-state index contributed by atoms with van der Waals surface area (Å²) < 4.78 is 4.25. The molecule has 106 valence electrons. The van der Waals surface area contributed by atoms with Crippen LogP contribution < -0.4 is 0 Å². The van der Waals surface area contributed by atoms with Gasteiger partial charge in [-0.1, -0.05) is 63.6 Å². The molecule has 1 rings (SSSR count). The van der Waals surface area contributed by atoms with Gasteiger partial charge in [-0.15, -0.1) is 0 Å². The Labute approximate surface area is 115 Å². The first-order valence-corrected chi connectivity index (χ1v) is 6.73. The maximum Gasteiger partial charge on any atom is 0.0351 e. The largest absolute Gasteiger partial charge is 0.388 e. The van der Waals surface area contributed by atoms with Crippen molar-refractivity contribution in [2.24, 2.45) is 0 Å². The number of ether oxygens (including phenoxy) is 1. The average molecular weight is 252 g/mol. The second kappa shape index (κ2) is 18.3. The van der Waals surface area contributed by atoms with E-state index in [0.717, 1.165) is 0 Å². The van der Waals surface area contributed by atoms with Crippen molar-refractivity contribution in [3.8, 4) is 0 Å². The summed E-state index contributed by atoms with van der Waals surface area (Å²) in [6.45, 7) is 14.4. The van der Waals surface area contributed by atoms with Gasteiger partial charge < -0.3 is 4.74 Å². The fourth-order valence-electron chi connectivity index (χ4n) is 0.977. The van der Waals surface area contributed by atoms with Crippen LogP contribution in [0.15, 0.2) is 35.9 Å². The first kappa shape index (κ1) is 22.1. The zero-order valence-corrected chi connectivity index (χ0v) is 13.8. The van der Waals surface area contributed by atoms with Gasteiger partial charge in [-0.3, -0.25) is 0 Å². The first-order valence-electron chi connectivity index (χ1n) is 6.73. The fraction of sp³-hybridized carbons (Fsp3) is 0.529. The molecule has 0 saturated heterocycles. The van der Waals surface area contributed by atoms with Gasteiger partial charge in [0.25, 0.3) is 0 Å². The second-order valence-electron chi connectivity index (χ2n) is 3.40. The molecule has 0 aliphatic rings. The molecule has 0 atom stereocenters. The van der Waals surface area contributed by atoms with Crippen LogP contribution in [0.5, 0.6) is 0 Å². The smallest absolute Gasteiger partial charge is 0.0351 e. The van der Waals surface area contributed by atoms with Crippen molar-refractivity contribution in [2.75, 3.05) is 14.2 Å².